The number of rotatable bonds is 5. The third-order valence-corrected chi connectivity index (χ3v) is 2.86. The number of nitrogens with two attached hydrogens (primary N) is 1. The van der Waals surface area contributed by atoms with Crippen molar-refractivity contribution in [3.63, 3.8) is 0 Å². The van der Waals surface area contributed by atoms with Gasteiger partial charge in [0.05, 0.1) is 0 Å². The molecular formula is C12H15BrN2O3. The van der Waals surface area contributed by atoms with Crippen LogP contribution in [-0.4, -0.2) is 35.5 Å². The first kappa shape index (κ1) is 14.5. The Hall–Kier alpha value is -1.56. The molecule has 0 unspecified atom stereocenters. The molecule has 98 valence electrons. The average molecular weight is 315 g/mol. The monoisotopic (exact) mass is 314 g/mol. The predicted octanol–water partition coefficient (Wildman–Crippen LogP) is 1.97. The minimum atomic E-state index is -0.859. The molecule has 0 spiro atoms. The number of aliphatic carboxylic acids is 1. The number of anilines is 1. The van der Waals surface area contributed by atoms with E-state index in [4.69, 9.17) is 10.8 Å². The van der Waals surface area contributed by atoms with Crippen LogP contribution in [0.2, 0.25) is 0 Å². The van der Waals surface area contributed by atoms with Gasteiger partial charge in [-0.15, -0.1) is 0 Å². The van der Waals surface area contributed by atoms with Crippen molar-refractivity contribution in [3.8, 4) is 0 Å². The Morgan fingerprint density at radius 2 is 2.06 bits per heavy atom. The maximum Gasteiger partial charge on any atom is 0.303 e. The van der Waals surface area contributed by atoms with Crippen LogP contribution in [0.4, 0.5) is 5.69 Å². The zero-order chi connectivity index (χ0) is 13.7. The van der Waals surface area contributed by atoms with E-state index in [1.807, 2.05) is 0 Å². The van der Waals surface area contributed by atoms with Crippen LogP contribution in [0.5, 0.6) is 0 Å². The summed E-state index contributed by atoms with van der Waals surface area (Å²) in [5.41, 5.74) is 6.65. The Balaban J connectivity index is 2.65. The van der Waals surface area contributed by atoms with Crippen molar-refractivity contribution in [2.75, 3.05) is 19.3 Å². The molecule has 1 aromatic rings. The zero-order valence-corrected chi connectivity index (χ0v) is 11.6. The van der Waals surface area contributed by atoms with E-state index in [0.29, 0.717) is 24.2 Å². The lowest BCUT2D eigenvalue weighted by Crippen LogP contribution is -2.28. The van der Waals surface area contributed by atoms with Crippen LogP contribution in [0.15, 0.2) is 22.7 Å². The highest BCUT2D eigenvalue weighted by Crippen LogP contribution is 2.18. The first-order chi connectivity index (χ1) is 8.40. The van der Waals surface area contributed by atoms with Crippen molar-refractivity contribution < 1.29 is 14.7 Å². The van der Waals surface area contributed by atoms with E-state index in [9.17, 15) is 9.59 Å². The van der Waals surface area contributed by atoms with Gasteiger partial charge < -0.3 is 15.7 Å². The quantitative estimate of drug-likeness (QED) is 0.814. The van der Waals surface area contributed by atoms with Gasteiger partial charge in [-0.3, -0.25) is 9.59 Å². The standard InChI is InChI=1S/C12H15BrN2O3/c1-15(4-2-3-11(16)17)12(18)8-5-9(13)7-10(14)6-8/h5-7H,2-4,14H2,1H3,(H,16,17). The van der Waals surface area contributed by atoms with Crippen LogP contribution in [0.1, 0.15) is 23.2 Å². The molecule has 0 fully saturated rings. The highest BCUT2D eigenvalue weighted by atomic mass is 79.9. The van der Waals surface area contributed by atoms with Crippen molar-refractivity contribution in [2.45, 2.75) is 12.8 Å². The number of halogens is 1. The fourth-order valence-corrected chi connectivity index (χ4v) is 2.04. The second-order valence-corrected chi connectivity index (χ2v) is 4.91. The molecule has 0 saturated carbocycles. The van der Waals surface area contributed by atoms with E-state index in [1.54, 1.807) is 25.2 Å². The highest BCUT2D eigenvalue weighted by molar-refractivity contribution is 9.10. The molecule has 3 N–H and O–H groups in total. The zero-order valence-electron chi connectivity index (χ0n) is 10.0. The predicted molar refractivity (Wildman–Crippen MR) is 72.4 cm³/mol. The number of carbonyl (C=O) groups is 2. The maximum absolute atomic E-state index is 12.0. The number of carboxylic acid groups (broad SMARTS) is 1. The lowest BCUT2D eigenvalue weighted by molar-refractivity contribution is -0.137. The number of amides is 1. The van der Waals surface area contributed by atoms with Crippen LogP contribution < -0.4 is 5.73 Å². The number of hydrogen-bond donors (Lipinski definition) is 2. The summed E-state index contributed by atoms with van der Waals surface area (Å²) < 4.78 is 0.741. The Morgan fingerprint density at radius 3 is 2.61 bits per heavy atom. The third-order valence-electron chi connectivity index (χ3n) is 2.40. The van der Waals surface area contributed by atoms with Crippen molar-refractivity contribution in [2.24, 2.45) is 0 Å². The van der Waals surface area contributed by atoms with Crippen LogP contribution >= 0.6 is 15.9 Å². The lowest BCUT2D eigenvalue weighted by Gasteiger charge is -2.17. The Labute approximate surface area is 114 Å². The fourth-order valence-electron chi connectivity index (χ4n) is 1.53. The number of hydrogen-bond acceptors (Lipinski definition) is 3. The Bertz CT molecular complexity index is 442. The molecule has 0 bridgehead atoms. The maximum atomic E-state index is 12.0. The molecule has 0 atom stereocenters. The number of nitrogens with zero attached hydrogens (tertiary/aromatic N) is 1. The van der Waals surface area contributed by atoms with Gasteiger partial charge in [0.15, 0.2) is 0 Å². The first-order valence-corrected chi connectivity index (χ1v) is 6.23. The number of carboxylic acids is 1. The normalized spacial score (nSPS) is 10.1. The van der Waals surface area contributed by atoms with Crippen molar-refractivity contribution >= 4 is 33.5 Å². The Morgan fingerprint density at radius 1 is 1.39 bits per heavy atom. The number of benzene rings is 1. The van der Waals surface area contributed by atoms with E-state index in [2.05, 4.69) is 15.9 Å². The van der Waals surface area contributed by atoms with Crippen LogP contribution in [0.3, 0.4) is 0 Å². The molecular weight excluding hydrogens is 300 g/mol. The second kappa shape index (κ2) is 6.39. The van der Waals surface area contributed by atoms with Gasteiger partial charge in [0.25, 0.3) is 5.91 Å². The molecule has 18 heavy (non-hydrogen) atoms. The van der Waals surface area contributed by atoms with E-state index >= 15 is 0 Å². The summed E-state index contributed by atoms with van der Waals surface area (Å²) in [5.74, 6) is -1.03. The van der Waals surface area contributed by atoms with E-state index in [1.165, 1.54) is 4.90 Å². The third kappa shape index (κ3) is 4.37. The Kier molecular flexibility index (Phi) is 5.15. The van der Waals surface area contributed by atoms with Crippen LogP contribution in [0.25, 0.3) is 0 Å². The van der Waals surface area contributed by atoms with Gasteiger partial charge in [0.2, 0.25) is 0 Å². The first-order valence-electron chi connectivity index (χ1n) is 5.43. The fraction of sp³-hybridized carbons (Fsp3) is 0.333. The molecule has 0 heterocycles. The molecule has 0 aliphatic rings. The molecule has 0 radical (unpaired) electrons. The molecule has 0 aliphatic heterocycles. The van der Waals surface area contributed by atoms with E-state index in [-0.39, 0.29) is 12.3 Å². The van der Waals surface area contributed by atoms with Crippen molar-refractivity contribution in [3.05, 3.63) is 28.2 Å². The topological polar surface area (TPSA) is 83.6 Å². The molecule has 0 saturated heterocycles. The van der Waals surface area contributed by atoms with Crippen LogP contribution in [0, 0.1) is 0 Å². The summed E-state index contributed by atoms with van der Waals surface area (Å²) in [6, 6.07) is 4.99. The summed E-state index contributed by atoms with van der Waals surface area (Å²) in [6.45, 7) is 0.400. The van der Waals surface area contributed by atoms with Gasteiger partial charge >= 0.3 is 5.97 Å². The van der Waals surface area contributed by atoms with Gasteiger partial charge in [0.1, 0.15) is 0 Å². The summed E-state index contributed by atoms with van der Waals surface area (Å²) in [6.07, 6.45) is 0.485. The minimum Gasteiger partial charge on any atom is -0.481 e. The molecule has 1 aromatic carbocycles. The summed E-state index contributed by atoms with van der Waals surface area (Å²) >= 11 is 3.27. The molecule has 5 nitrogen and oxygen atoms in total. The van der Waals surface area contributed by atoms with Gasteiger partial charge in [-0.2, -0.15) is 0 Å². The van der Waals surface area contributed by atoms with Gasteiger partial charge in [-0.1, -0.05) is 15.9 Å². The van der Waals surface area contributed by atoms with Crippen molar-refractivity contribution in [1.82, 2.24) is 4.90 Å². The minimum absolute atomic E-state index is 0.0538. The van der Waals surface area contributed by atoms with Crippen molar-refractivity contribution in [1.29, 1.82) is 0 Å². The molecule has 6 heteroatoms. The number of nitrogen functional groups attached to an aromatic ring is 1. The SMILES string of the molecule is CN(CCCC(=O)O)C(=O)c1cc(N)cc(Br)c1. The average Bonchev–Trinajstić information content (AvgIpc) is 2.26. The van der Waals surface area contributed by atoms with Gasteiger partial charge in [-0.05, 0) is 24.6 Å². The largest absolute Gasteiger partial charge is 0.481 e. The smallest absolute Gasteiger partial charge is 0.303 e. The van der Waals surface area contributed by atoms with E-state index in [0.717, 1.165) is 4.47 Å². The van der Waals surface area contributed by atoms with Gasteiger partial charge in [0, 0.05) is 35.7 Å². The highest BCUT2D eigenvalue weighted by Gasteiger charge is 2.12. The van der Waals surface area contributed by atoms with Gasteiger partial charge in [-0.25, -0.2) is 0 Å². The van der Waals surface area contributed by atoms with Crippen LogP contribution in [-0.2, 0) is 4.79 Å². The lowest BCUT2D eigenvalue weighted by atomic mass is 10.1. The summed E-state index contributed by atoms with van der Waals surface area (Å²) in [4.78, 5) is 23.9. The second-order valence-electron chi connectivity index (χ2n) is 4.00. The molecule has 0 aromatic heterocycles. The number of carbonyl (C=O) groups excluding carboxylic acids is 1. The summed E-state index contributed by atoms with van der Waals surface area (Å²) in [7, 11) is 1.64. The molecule has 1 amide bonds. The molecule has 0 aliphatic carbocycles. The summed E-state index contributed by atoms with van der Waals surface area (Å²) in [5, 5.41) is 8.53. The van der Waals surface area contributed by atoms with E-state index < -0.39 is 5.97 Å². The molecule has 1 rings (SSSR count).